The molecule has 3 amide bonds. The zero-order valence-corrected chi connectivity index (χ0v) is 12.3. The number of amides is 3. The highest BCUT2D eigenvalue weighted by Crippen LogP contribution is 2.17. The van der Waals surface area contributed by atoms with Gasteiger partial charge in [0.15, 0.2) is 0 Å². The van der Waals surface area contributed by atoms with Crippen molar-refractivity contribution in [3.63, 3.8) is 0 Å². The Morgan fingerprint density at radius 2 is 1.50 bits per heavy atom. The number of nitrogens with one attached hydrogen (secondary N) is 2. The SMILES string of the molecule is O=C(NCC(=O)N1CCCCCC1)NC1CCCCC1. The smallest absolute Gasteiger partial charge is 0.315 e. The minimum atomic E-state index is -0.194. The fourth-order valence-electron chi connectivity index (χ4n) is 3.07. The average molecular weight is 281 g/mol. The number of carbonyl (C=O) groups is 2. The number of likely N-dealkylation sites (tertiary alicyclic amines) is 1. The van der Waals surface area contributed by atoms with Gasteiger partial charge in [0.05, 0.1) is 6.54 Å². The summed E-state index contributed by atoms with van der Waals surface area (Å²) in [6.45, 7) is 1.80. The molecule has 0 spiro atoms. The van der Waals surface area contributed by atoms with Gasteiger partial charge in [-0.25, -0.2) is 4.79 Å². The van der Waals surface area contributed by atoms with Crippen LogP contribution in [-0.4, -0.2) is 42.5 Å². The molecule has 20 heavy (non-hydrogen) atoms. The number of hydrogen-bond donors (Lipinski definition) is 2. The molecular weight excluding hydrogens is 254 g/mol. The molecule has 0 radical (unpaired) electrons. The van der Waals surface area contributed by atoms with Crippen LogP contribution in [-0.2, 0) is 4.79 Å². The van der Waals surface area contributed by atoms with Gasteiger partial charge in [0, 0.05) is 19.1 Å². The van der Waals surface area contributed by atoms with Crippen molar-refractivity contribution in [2.75, 3.05) is 19.6 Å². The first kappa shape index (κ1) is 15.1. The van der Waals surface area contributed by atoms with E-state index in [4.69, 9.17) is 0 Å². The lowest BCUT2D eigenvalue weighted by molar-refractivity contribution is -0.130. The van der Waals surface area contributed by atoms with E-state index in [1.807, 2.05) is 4.90 Å². The van der Waals surface area contributed by atoms with Crippen molar-refractivity contribution in [2.24, 2.45) is 0 Å². The van der Waals surface area contributed by atoms with Crippen molar-refractivity contribution in [1.82, 2.24) is 15.5 Å². The van der Waals surface area contributed by atoms with Crippen LogP contribution in [0.15, 0.2) is 0 Å². The monoisotopic (exact) mass is 281 g/mol. The molecule has 5 nitrogen and oxygen atoms in total. The van der Waals surface area contributed by atoms with E-state index in [1.54, 1.807) is 0 Å². The summed E-state index contributed by atoms with van der Waals surface area (Å²) >= 11 is 0. The van der Waals surface area contributed by atoms with Crippen LogP contribution in [0.25, 0.3) is 0 Å². The zero-order valence-electron chi connectivity index (χ0n) is 12.3. The average Bonchev–Trinajstić information content (AvgIpc) is 2.75. The van der Waals surface area contributed by atoms with Gasteiger partial charge in [-0.2, -0.15) is 0 Å². The molecule has 1 aliphatic carbocycles. The molecule has 2 fully saturated rings. The number of nitrogens with zero attached hydrogens (tertiary/aromatic N) is 1. The van der Waals surface area contributed by atoms with Crippen molar-refractivity contribution in [3.8, 4) is 0 Å². The predicted molar refractivity (Wildman–Crippen MR) is 78.5 cm³/mol. The molecule has 2 aliphatic rings. The van der Waals surface area contributed by atoms with E-state index < -0.39 is 0 Å². The lowest BCUT2D eigenvalue weighted by Crippen LogP contribution is -2.47. The Kier molecular flexibility index (Phi) is 6.15. The van der Waals surface area contributed by atoms with E-state index in [1.165, 1.54) is 32.1 Å². The van der Waals surface area contributed by atoms with Crippen LogP contribution in [0, 0.1) is 0 Å². The maximum Gasteiger partial charge on any atom is 0.315 e. The van der Waals surface area contributed by atoms with Crippen LogP contribution in [0.4, 0.5) is 4.79 Å². The number of hydrogen-bond acceptors (Lipinski definition) is 2. The number of carbonyl (C=O) groups excluding carboxylic acids is 2. The lowest BCUT2D eigenvalue weighted by atomic mass is 9.96. The van der Waals surface area contributed by atoms with Crippen LogP contribution >= 0.6 is 0 Å². The highest BCUT2D eigenvalue weighted by atomic mass is 16.2. The Bertz CT molecular complexity index is 319. The first-order valence-electron chi connectivity index (χ1n) is 8.08. The minimum Gasteiger partial charge on any atom is -0.341 e. The third-order valence-electron chi connectivity index (χ3n) is 4.30. The molecule has 1 heterocycles. The Labute approximate surface area is 121 Å². The van der Waals surface area contributed by atoms with Gasteiger partial charge >= 0.3 is 6.03 Å². The fourth-order valence-corrected chi connectivity index (χ4v) is 3.07. The van der Waals surface area contributed by atoms with Gasteiger partial charge < -0.3 is 15.5 Å². The van der Waals surface area contributed by atoms with Gasteiger partial charge in [-0.15, -0.1) is 0 Å². The first-order chi connectivity index (χ1) is 9.75. The Balaban J connectivity index is 1.65. The maximum atomic E-state index is 12.0. The molecular formula is C15H27N3O2. The van der Waals surface area contributed by atoms with Crippen LogP contribution < -0.4 is 10.6 Å². The molecule has 1 saturated carbocycles. The lowest BCUT2D eigenvalue weighted by Gasteiger charge is -2.24. The van der Waals surface area contributed by atoms with Gasteiger partial charge in [0.1, 0.15) is 0 Å². The van der Waals surface area contributed by atoms with E-state index in [2.05, 4.69) is 10.6 Å². The van der Waals surface area contributed by atoms with Crippen molar-refractivity contribution in [2.45, 2.75) is 63.8 Å². The van der Waals surface area contributed by atoms with Gasteiger partial charge in [0.25, 0.3) is 0 Å². The second kappa shape index (κ2) is 8.12. The molecule has 0 bridgehead atoms. The van der Waals surface area contributed by atoms with Crippen molar-refractivity contribution >= 4 is 11.9 Å². The largest absolute Gasteiger partial charge is 0.341 e. The number of rotatable bonds is 3. The van der Waals surface area contributed by atoms with Crippen molar-refractivity contribution in [1.29, 1.82) is 0 Å². The first-order valence-corrected chi connectivity index (χ1v) is 8.08. The summed E-state index contributed by atoms with van der Waals surface area (Å²) in [4.78, 5) is 25.7. The Morgan fingerprint density at radius 3 is 2.15 bits per heavy atom. The molecule has 0 unspecified atom stereocenters. The van der Waals surface area contributed by atoms with Gasteiger partial charge in [-0.1, -0.05) is 32.1 Å². The van der Waals surface area contributed by atoms with E-state index in [9.17, 15) is 9.59 Å². The highest BCUT2D eigenvalue weighted by Gasteiger charge is 2.18. The molecule has 5 heteroatoms. The summed E-state index contributed by atoms with van der Waals surface area (Å²) in [5.74, 6) is 0.0469. The second-order valence-corrected chi connectivity index (χ2v) is 5.96. The van der Waals surface area contributed by atoms with E-state index >= 15 is 0 Å². The summed E-state index contributed by atoms with van der Waals surface area (Å²) < 4.78 is 0. The normalized spacial score (nSPS) is 21.1. The maximum absolute atomic E-state index is 12.0. The summed E-state index contributed by atoms with van der Waals surface area (Å²) in [5, 5.41) is 5.67. The molecule has 2 rings (SSSR count). The van der Waals surface area contributed by atoms with Crippen molar-refractivity contribution in [3.05, 3.63) is 0 Å². The van der Waals surface area contributed by atoms with Crippen LogP contribution in [0.1, 0.15) is 57.8 Å². The second-order valence-electron chi connectivity index (χ2n) is 5.96. The third-order valence-corrected chi connectivity index (χ3v) is 4.30. The minimum absolute atomic E-state index is 0.0469. The van der Waals surface area contributed by atoms with Gasteiger partial charge in [-0.05, 0) is 25.7 Å². The summed E-state index contributed by atoms with van der Waals surface area (Å²) in [6, 6.07) is 0.0945. The molecule has 114 valence electrons. The quantitative estimate of drug-likeness (QED) is 0.831. The Hall–Kier alpha value is -1.26. The summed E-state index contributed by atoms with van der Waals surface area (Å²) in [7, 11) is 0. The topological polar surface area (TPSA) is 61.4 Å². The molecule has 0 aromatic rings. The van der Waals surface area contributed by atoms with Crippen LogP contribution in [0.2, 0.25) is 0 Å². The highest BCUT2D eigenvalue weighted by molar-refractivity contribution is 5.84. The molecule has 1 saturated heterocycles. The molecule has 0 atom stereocenters. The standard InChI is InChI=1S/C15H27N3O2/c19-14(18-10-6-1-2-7-11-18)12-16-15(20)17-13-8-4-3-5-9-13/h13H,1-12H2,(H2,16,17,20). The van der Waals surface area contributed by atoms with E-state index in [0.29, 0.717) is 0 Å². The van der Waals surface area contributed by atoms with E-state index in [-0.39, 0.29) is 24.5 Å². The van der Waals surface area contributed by atoms with Gasteiger partial charge in [-0.3, -0.25) is 4.79 Å². The molecule has 0 aromatic carbocycles. The Morgan fingerprint density at radius 1 is 0.900 bits per heavy atom. The van der Waals surface area contributed by atoms with Crippen LogP contribution in [0.3, 0.4) is 0 Å². The fraction of sp³-hybridized carbons (Fsp3) is 0.867. The summed E-state index contributed by atoms with van der Waals surface area (Å²) in [6.07, 6.45) is 10.4. The molecule has 2 N–H and O–H groups in total. The van der Waals surface area contributed by atoms with E-state index in [0.717, 1.165) is 38.8 Å². The molecule has 0 aromatic heterocycles. The predicted octanol–water partition coefficient (Wildman–Crippen LogP) is 2.02. The van der Waals surface area contributed by atoms with Gasteiger partial charge in [0.2, 0.25) is 5.91 Å². The third kappa shape index (κ3) is 5.02. The van der Waals surface area contributed by atoms with Crippen LogP contribution in [0.5, 0.6) is 0 Å². The number of urea groups is 1. The van der Waals surface area contributed by atoms with Crippen molar-refractivity contribution < 1.29 is 9.59 Å². The molecule has 1 aliphatic heterocycles. The summed E-state index contributed by atoms with van der Waals surface area (Å²) in [5.41, 5.74) is 0. The zero-order chi connectivity index (χ0) is 14.2.